The van der Waals surface area contributed by atoms with Crippen molar-refractivity contribution in [2.75, 3.05) is 26.2 Å². The maximum absolute atomic E-state index is 12.3. The number of amides is 1. The fraction of sp³-hybridized carbons (Fsp3) is 0.611. The van der Waals surface area contributed by atoms with Gasteiger partial charge in [-0.3, -0.25) is 9.69 Å². The molecule has 0 aliphatic carbocycles. The third-order valence-corrected chi connectivity index (χ3v) is 4.89. The summed E-state index contributed by atoms with van der Waals surface area (Å²) in [6.07, 6.45) is 4.59. The largest absolute Gasteiger partial charge is 0.353 e. The highest BCUT2D eigenvalue weighted by Crippen LogP contribution is 2.25. The molecule has 120 valence electrons. The molecule has 2 N–H and O–H groups in total. The van der Waals surface area contributed by atoms with Gasteiger partial charge < -0.3 is 10.6 Å². The first kappa shape index (κ1) is 15.5. The van der Waals surface area contributed by atoms with E-state index in [0.717, 1.165) is 32.5 Å². The standard InChI is InChI=1S/C18H27N3O/c1-14-6-8-15(9-7-14)17(21-11-2-3-12-21)13-20-18(22)16-5-4-10-19-16/h6-9,16-17,19H,2-5,10-13H2,1H3,(H,20,22)/t16-,17?/m0/s1. The van der Waals surface area contributed by atoms with Crippen molar-refractivity contribution in [3.8, 4) is 0 Å². The summed E-state index contributed by atoms with van der Waals surface area (Å²) in [7, 11) is 0. The Bertz CT molecular complexity index is 488. The summed E-state index contributed by atoms with van der Waals surface area (Å²) in [6, 6.07) is 9.05. The van der Waals surface area contributed by atoms with Crippen molar-refractivity contribution in [2.45, 2.75) is 44.7 Å². The summed E-state index contributed by atoms with van der Waals surface area (Å²) in [5, 5.41) is 6.44. The molecule has 2 atom stereocenters. The number of hydrogen-bond donors (Lipinski definition) is 2. The van der Waals surface area contributed by atoms with Crippen LogP contribution in [0.3, 0.4) is 0 Å². The molecule has 1 unspecified atom stereocenters. The predicted molar refractivity (Wildman–Crippen MR) is 88.8 cm³/mol. The number of aryl methyl sites for hydroxylation is 1. The lowest BCUT2D eigenvalue weighted by molar-refractivity contribution is -0.123. The molecular formula is C18H27N3O. The number of likely N-dealkylation sites (tertiary alicyclic amines) is 1. The molecule has 1 aromatic rings. The third-order valence-electron chi connectivity index (χ3n) is 4.89. The average molecular weight is 301 g/mol. The van der Waals surface area contributed by atoms with E-state index in [4.69, 9.17) is 0 Å². The van der Waals surface area contributed by atoms with Crippen LogP contribution in [-0.2, 0) is 4.79 Å². The Labute approximate surface area is 133 Å². The molecule has 4 nitrogen and oxygen atoms in total. The van der Waals surface area contributed by atoms with Gasteiger partial charge in [-0.2, -0.15) is 0 Å². The lowest BCUT2D eigenvalue weighted by Crippen LogP contribution is -2.44. The van der Waals surface area contributed by atoms with Crippen LogP contribution in [0.5, 0.6) is 0 Å². The SMILES string of the molecule is Cc1ccc(C(CNC(=O)[C@@H]2CCCN2)N2CCCC2)cc1. The van der Waals surface area contributed by atoms with Crippen LogP contribution < -0.4 is 10.6 Å². The molecule has 0 spiro atoms. The second-order valence-electron chi connectivity index (χ2n) is 6.56. The first-order chi connectivity index (χ1) is 10.7. The van der Waals surface area contributed by atoms with Crippen molar-refractivity contribution < 1.29 is 4.79 Å². The van der Waals surface area contributed by atoms with Crippen LogP contribution in [0.1, 0.15) is 42.9 Å². The molecule has 4 heteroatoms. The maximum atomic E-state index is 12.3. The Morgan fingerprint density at radius 2 is 2.00 bits per heavy atom. The van der Waals surface area contributed by atoms with E-state index in [-0.39, 0.29) is 11.9 Å². The Hall–Kier alpha value is -1.39. The molecule has 1 amide bonds. The highest BCUT2D eigenvalue weighted by molar-refractivity contribution is 5.82. The van der Waals surface area contributed by atoms with Gasteiger partial charge in [0.05, 0.1) is 12.1 Å². The Morgan fingerprint density at radius 3 is 2.64 bits per heavy atom. The van der Waals surface area contributed by atoms with Crippen molar-refractivity contribution >= 4 is 5.91 Å². The van der Waals surface area contributed by atoms with E-state index in [1.54, 1.807) is 0 Å². The van der Waals surface area contributed by atoms with Gasteiger partial charge in [0.15, 0.2) is 0 Å². The lowest BCUT2D eigenvalue weighted by Gasteiger charge is -2.28. The summed E-state index contributed by atoms with van der Waals surface area (Å²) in [5.74, 6) is 0.161. The minimum Gasteiger partial charge on any atom is -0.353 e. The number of carbonyl (C=O) groups is 1. The van der Waals surface area contributed by atoms with Crippen molar-refractivity contribution in [2.24, 2.45) is 0 Å². The van der Waals surface area contributed by atoms with Crippen molar-refractivity contribution in [1.82, 2.24) is 15.5 Å². The van der Waals surface area contributed by atoms with Crippen LogP contribution in [0, 0.1) is 6.92 Å². The van der Waals surface area contributed by atoms with E-state index in [2.05, 4.69) is 46.7 Å². The fourth-order valence-corrected chi connectivity index (χ4v) is 3.53. The molecule has 2 fully saturated rings. The first-order valence-corrected chi connectivity index (χ1v) is 8.56. The summed E-state index contributed by atoms with van der Waals surface area (Å²) in [4.78, 5) is 14.8. The second-order valence-corrected chi connectivity index (χ2v) is 6.56. The van der Waals surface area contributed by atoms with Gasteiger partial charge in [-0.25, -0.2) is 0 Å². The fourth-order valence-electron chi connectivity index (χ4n) is 3.53. The molecule has 2 saturated heterocycles. The monoisotopic (exact) mass is 301 g/mol. The van der Waals surface area contributed by atoms with E-state index in [0.29, 0.717) is 12.6 Å². The quantitative estimate of drug-likeness (QED) is 0.874. The van der Waals surface area contributed by atoms with Crippen molar-refractivity contribution in [3.63, 3.8) is 0 Å². The van der Waals surface area contributed by atoms with E-state index in [1.807, 2.05) is 0 Å². The zero-order valence-electron chi connectivity index (χ0n) is 13.5. The smallest absolute Gasteiger partial charge is 0.237 e. The topological polar surface area (TPSA) is 44.4 Å². The molecule has 1 aromatic carbocycles. The van der Waals surface area contributed by atoms with Gasteiger partial charge in [0.25, 0.3) is 0 Å². The second kappa shape index (κ2) is 7.25. The van der Waals surface area contributed by atoms with E-state index < -0.39 is 0 Å². The molecule has 0 aromatic heterocycles. The number of nitrogens with one attached hydrogen (secondary N) is 2. The van der Waals surface area contributed by atoms with Crippen molar-refractivity contribution in [3.05, 3.63) is 35.4 Å². The molecule has 2 aliphatic rings. The summed E-state index contributed by atoms with van der Waals surface area (Å²) in [5.41, 5.74) is 2.59. The summed E-state index contributed by atoms with van der Waals surface area (Å²) in [6.45, 7) is 6.06. The minimum atomic E-state index is 0.0113. The van der Waals surface area contributed by atoms with Gasteiger partial charge in [-0.15, -0.1) is 0 Å². The van der Waals surface area contributed by atoms with Gasteiger partial charge in [0.1, 0.15) is 0 Å². The number of rotatable bonds is 5. The molecule has 0 saturated carbocycles. The zero-order valence-corrected chi connectivity index (χ0v) is 13.5. The average Bonchev–Trinajstić information content (AvgIpc) is 3.22. The number of benzene rings is 1. The normalized spacial score (nSPS) is 23.6. The zero-order chi connectivity index (χ0) is 15.4. The first-order valence-electron chi connectivity index (χ1n) is 8.56. The van der Waals surface area contributed by atoms with Crippen molar-refractivity contribution in [1.29, 1.82) is 0 Å². The molecule has 3 rings (SSSR count). The molecule has 22 heavy (non-hydrogen) atoms. The Balaban J connectivity index is 1.65. The molecule has 0 bridgehead atoms. The van der Waals surface area contributed by atoms with Gasteiger partial charge >= 0.3 is 0 Å². The van der Waals surface area contributed by atoms with Gasteiger partial charge in [-0.05, 0) is 57.8 Å². The minimum absolute atomic E-state index is 0.0113. The number of nitrogens with zero attached hydrogens (tertiary/aromatic N) is 1. The molecule has 2 aliphatic heterocycles. The molecule has 2 heterocycles. The van der Waals surface area contributed by atoms with E-state index in [1.165, 1.54) is 24.0 Å². The van der Waals surface area contributed by atoms with E-state index >= 15 is 0 Å². The number of carbonyl (C=O) groups excluding carboxylic acids is 1. The van der Waals surface area contributed by atoms with Gasteiger partial charge in [-0.1, -0.05) is 29.8 Å². The molecular weight excluding hydrogens is 274 g/mol. The van der Waals surface area contributed by atoms with Crippen LogP contribution in [0.15, 0.2) is 24.3 Å². The predicted octanol–water partition coefficient (Wildman–Crippen LogP) is 2.00. The Morgan fingerprint density at radius 1 is 1.27 bits per heavy atom. The van der Waals surface area contributed by atoms with Crippen LogP contribution in [0.4, 0.5) is 0 Å². The maximum Gasteiger partial charge on any atom is 0.237 e. The lowest BCUT2D eigenvalue weighted by atomic mass is 10.0. The van der Waals surface area contributed by atoms with Crippen LogP contribution in [0.2, 0.25) is 0 Å². The third kappa shape index (κ3) is 3.68. The van der Waals surface area contributed by atoms with Crippen LogP contribution in [-0.4, -0.2) is 43.0 Å². The van der Waals surface area contributed by atoms with Gasteiger partial charge in [0, 0.05) is 6.54 Å². The number of hydrogen-bond acceptors (Lipinski definition) is 3. The van der Waals surface area contributed by atoms with E-state index in [9.17, 15) is 4.79 Å². The summed E-state index contributed by atoms with van der Waals surface area (Å²) < 4.78 is 0. The molecule has 0 radical (unpaired) electrons. The summed E-state index contributed by atoms with van der Waals surface area (Å²) >= 11 is 0. The highest BCUT2D eigenvalue weighted by atomic mass is 16.2. The highest BCUT2D eigenvalue weighted by Gasteiger charge is 2.26. The van der Waals surface area contributed by atoms with Gasteiger partial charge in [0.2, 0.25) is 5.91 Å². The Kier molecular flexibility index (Phi) is 5.11. The van der Waals surface area contributed by atoms with Crippen LogP contribution in [0.25, 0.3) is 0 Å². The van der Waals surface area contributed by atoms with Crippen LogP contribution >= 0.6 is 0 Å².